The highest BCUT2D eigenvalue weighted by molar-refractivity contribution is 7.92. The van der Waals surface area contributed by atoms with E-state index in [1.165, 1.54) is 6.92 Å². The van der Waals surface area contributed by atoms with Crippen LogP contribution in [0.2, 0.25) is 0 Å². The highest BCUT2D eigenvalue weighted by Crippen LogP contribution is 2.21. The SMILES string of the molecule is CC(=O)Nc1ccc(S(=O)(=O)C2CCNC2)cc1. The summed E-state index contributed by atoms with van der Waals surface area (Å²) in [6.45, 7) is 2.67. The zero-order valence-electron chi connectivity index (χ0n) is 10.1. The summed E-state index contributed by atoms with van der Waals surface area (Å²) in [7, 11) is -3.26. The molecule has 1 aliphatic rings. The van der Waals surface area contributed by atoms with E-state index in [9.17, 15) is 13.2 Å². The van der Waals surface area contributed by atoms with E-state index < -0.39 is 9.84 Å². The van der Waals surface area contributed by atoms with Gasteiger partial charge in [-0.25, -0.2) is 8.42 Å². The molecule has 1 aromatic rings. The van der Waals surface area contributed by atoms with Gasteiger partial charge in [0.1, 0.15) is 0 Å². The molecule has 1 heterocycles. The standard InChI is InChI=1S/C12H16N2O3S/c1-9(15)14-10-2-4-11(5-3-10)18(16,17)12-6-7-13-8-12/h2-5,12-13H,6-8H2,1H3,(H,14,15). The van der Waals surface area contributed by atoms with Crippen molar-refractivity contribution in [1.29, 1.82) is 0 Å². The zero-order chi connectivity index (χ0) is 13.2. The molecule has 0 saturated carbocycles. The van der Waals surface area contributed by atoms with Crippen molar-refractivity contribution < 1.29 is 13.2 Å². The van der Waals surface area contributed by atoms with Crippen LogP contribution in [0.5, 0.6) is 0 Å². The number of carbonyl (C=O) groups is 1. The molecule has 1 unspecified atom stereocenters. The van der Waals surface area contributed by atoms with Crippen LogP contribution >= 0.6 is 0 Å². The predicted octanol–water partition coefficient (Wildman–Crippen LogP) is 0.781. The first kappa shape index (κ1) is 13.0. The lowest BCUT2D eigenvalue weighted by atomic mass is 10.3. The van der Waals surface area contributed by atoms with Crippen molar-refractivity contribution in [2.75, 3.05) is 18.4 Å². The molecule has 18 heavy (non-hydrogen) atoms. The second-order valence-electron chi connectivity index (χ2n) is 4.37. The lowest BCUT2D eigenvalue weighted by molar-refractivity contribution is -0.114. The monoisotopic (exact) mass is 268 g/mol. The van der Waals surface area contributed by atoms with E-state index in [1.807, 2.05) is 0 Å². The van der Waals surface area contributed by atoms with Crippen LogP contribution in [0.3, 0.4) is 0 Å². The van der Waals surface area contributed by atoms with Crippen molar-refractivity contribution >= 4 is 21.4 Å². The van der Waals surface area contributed by atoms with Gasteiger partial charge in [-0.15, -0.1) is 0 Å². The molecular formula is C12H16N2O3S. The highest BCUT2D eigenvalue weighted by Gasteiger charge is 2.29. The summed E-state index contributed by atoms with van der Waals surface area (Å²) in [4.78, 5) is 11.2. The van der Waals surface area contributed by atoms with Crippen molar-refractivity contribution in [3.05, 3.63) is 24.3 Å². The van der Waals surface area contributed by atoms with Crippen molar-refractivity contribution in [2.45, 2.75) is 23.5 Å². The molecule has 1 saturated heterocycles. The molecular weight excluding hydrogens is 252 g/mol. The summed E-state index contributed by atoms with van der Waals surface area (Å²) in [5, 5.41) is 5.31. The number of carbonyl (C=O) groups excluding carboxylic acids is 1. The number of rotatable bonds is 3. The minimum Gasteiger partial charge on any atom is -0.326 e. The molecule has 1 atom stereocenters. The molecule has 1 fully saturated rings. The third-order valence-electron chi connectivity index (χ3n) is 2.96. The maximum absolute atomic E-state index is 12.2. The number of benzene rings is 1. The van der Waals surface area contributed by atoms with Gasteiger partial charge in [0.05, 0.1) is 10.1 Å². The molecule has 98 valence electrons. The molecule has 5 nitrogen and oxygen atoms in total. The largest absolute Gasteiger partial charge is 0.326 e. The Morgan fingerprint density at radius 3 is 2.50 bits per heavy atom. The van der Waals surface area contributed by atoms with E-state index in [1.54, 1.807) is 24.3 Å². The lowest BCUT2D eigenvalue weighted by Crippen LogP contribution is -2.23. The first-order valence-electron chi connectivity index (χ1n) is 5.82. The van der Waals surface area contributed by atoms with Crippen LogP contribution in [0, 0.1) is 0 Å². The van der Waals surface area contributed by atoms with E-state index >= 15 is 0 Å². The Labute approximate surface area is 107 Å². The normalized spacial score (nSPS) is 19.7. The topological polar surface area (TPSA) is 75.3 Å². The summed E-state index contributed by atoms with van der Waals surface area (Å²) in [6, 6.07) is 6.30. The van der Waals surface area contributed by atoms with Gasteiger partial charge in [-0.05, 0) is 37.2 Å². The Kier molecular flexibility index (Phi) is 3.68. The van der Waals surface area contributed by atoms with Gasteiger partial charge in [-0.3, -0.25) is 4.79 Å². The van der Waals surface area contributed by atoms with Gasteiger partial charge in [-0.2, -0.15) is 0 Å². The fourth-order valence-corrected chi connectivity index (χ4v) is 3.68. The van der Waals surface area contributed by atoms with Crippen molar-refractivity contribution in [2.24, 2.45) is 0 Å². The predicted molar refractivity (Wildman–Crippen MR) is 69.2 cm³/mol. The zero-order valence-corrected chi connectivity index (χ0v) is 11.0. The van der Waals surface area contributed by atoms with Crippen LogP contribution in [0.1, 0.15) is 13.3 Å². The molecule has 2 rings (SSSR count). The van der Waals surface area contributed by atoms with Crippen molar-refractivity contribution in [3.63, 3.8) is 0 Å². The quantitative estimate of drug-likeness (QED) is 0.849. The smallest absolute Gasteiger partial charge is 0.221 e. The van der Waals surface area contributed by atoms with Gasteiger partial charge in [0.2, 0.25) is 5.91 Å². The minimum atomic E-state index is -3.26. The maximum atomic E-state index is 12.2. The van der Waals surface area contributed by atoms with Gasteiger partial charge in [0.25, 0.3) is 0 Å². The summed E-state index contributed by atoms with van der Waals surface area (Å²) < 4.78 is 24.5. The second-order valence-corrected chi connectivity index (χ2v) is 6.59. The van der Waals surface area contributed by atoms with Gasteiger partial charge < -0.3 is 10.6 Å². The van der Waals surface area contributed by atoms with Gasteiger partial charge in [0, 0.05) is 19.2 Å². The van der Waals surface area contributed by atoms with Crippen LogP contribution in [0.15, 0.2) is 29.2 Å². The van der Waals surface area contributed by atoms with E-state index in [4.69, 9.17) is 0 Å². The first-order chi connectivity index (χ1) is 8.50. The van der Waals surface area contributed by atoms with Gasteiger partial charge >= 0.3 is 0 Å². The van der Waals surface area contributed by atoms with E-state index in [0.29, 0.717) is 23.5 Å². The second kappa shape index (κ2) is 5.07. The number of hydrogen-bond acceptors (Lipinski definition) is 4. The number of amides is 1. The summed E-state index contributed by atoms with van der Waals surface area (Å²) in [5.74, 6) is -0.175. The van der Waals surface area contributed by atoms with Crippen molar-refractivity contribution in [1.82, 2.24) is 5.32 Å². The Morgan fingerprint density at radius 2 is 2.00 bits per heavy atom. The maximum Gasteiger partial charge on any atom is 0.221 e. The molecule has 0 radical (unpaired) electrons. The molecule has 1 aliphatic heterocycles. The summed E-state index contributed by atoms with van der Waals surface area (Å²) in [5.41, 5.74) is 0.603. The van der Waals surface area contributed by atoms with E-state index in [0.717, 1.165) is 6.54 Å². The lowest BCUT2D eigenvalue weighted by Gasteiger charge is -2.11. The van der Waals surface area contributed by atoms with Crippen LogP contribution in [0.25, 0.3) is 0 Å². The Bertz CT molecular complexity index is 531. The van der Waals surface area contributed by atoms with E-state index in [2.05, 4.69) is 10.6 Å². The van der Waals surface area contributed by atoms with Crippen LogP contribution in [-0.2, 0) is 14.6 Å². The van der Waals surface area contributed by atoms with Crippen LogP contribution in [0.4, 0.5) is 5.69 Å². The number of nitrogens with one attached hydrogen (secondary N) is 2. The van der Waals surface area contributed by atoms with Gasteiger partial charge in [0.15, 0.2) is 9.84 Å². The highest BCUT2D eigenvalue weighted by atomic mass is 32.2. The summed E-state index contributed by atoms with van der Waals surface area (Å²) >= 11 is 0. The van der Waals surface area contributed by atoms with Crippen LogP contribution < -0.4 is 10.6 Å². The number of hydrogen-bond donors (Lipinski definition) is 2. The molecule has 1 aromatic carbocycles. The third kappa shape index (κ3) is 2.70. The van der Waals surface area contributed by atoms with Crippen molar-refractivity contribution in [3.8, 4) is 0 Å². The fraction of sp³-hybridized carbons (Fsp3) is 0.417. The first-order valence-corrected chi connectivity index (χ1v) is 7.37. The minimum absolute atomic E-state index is 0.175. The number of anilines is 1. The molecule has 0 spiro atoms. The average molecular weight is 268 g/mol. The molecule has 0 aliphatic carbocycles. The Hall–Kier alpha value is -1.40. The molecule has 6 heteroatoms. The Morgan fingerprint density at radius 1 is 1.33 bits per heavy atom. The van der Waals surface area contributed by atoms with Gasteiger partial charge in [-0.1, -0.05) is 0 Å². The molecule has 0 bridgehead atoms. The molecule has 1 amide bonds. The average Bonchev–Trinajstić information content (AvgIpc) is 2.83. The molecule has 2 N–H and O–H groups in total. The summed E-state index contributed by atoms with van der Waals surface area (Å²) in [6.07, 6.45) is 0.649. The van der Waals surface area contributed by atoms with E-state index in [-0.39, 0.29) is 11.2 Å². The fourth-order valence-electron chi connectivity index (χ4n) is 2.02. The molecule has 0 aromatic heterocycles. The third-order valence-corrected chi connectivity index (χ3v) is 5.17. The van der Waals surface area contributed by atoms with Crippen LogP contribution in [-0.4, -0.2) is 32.7 Å². The number of sulfone groups is 1. The Balaban J connectivity index is 2.20.